The molecule has 7 heteroatoms. The van der Waals surface area contributed by atoms with Crippen molar-refractivity contribution in [3.8, 4) is 0 Å². The van der Waals surface area contributed by atoms with E-state index >= 15 is 0 Å². The van der Waals surface area contributed by atoms with Crippen molar-refractivity contribution in [1.82, 2.24) is 15.0 Å². The van der Waals surface area contributed by atoms with Crippen LogP contribution in [0.5, 0.6) is 0 Å². The van der Waals surface area contributed by atoms with E-state index in [4.69, 9.17) is 4.74 Å². The molecule has 0 bridgehead atoms. The zero-order chi connectivity index (χ0) is 14.2. The van der Waals surface area contributed by atoms with E-state index in [1.165, 1.54) is 0 Å². The number of hydrogen-bond donors (Lipinski definition) is 0. The highest BCUT2D eigenvalue weighted by Gasteiger charge is 2.42. The Kier molecular flexibility index (Phi) is 3.66. The lowest BCUT2D eigenvalue weighted by molar-refractivity contribution is 0.145. The van der Waals surface area contributed by atoms with Crippen molar-refractivity contribution < 1.29 is 4.74 Å². The third-order valence-corrected chi connectivity index (χ3v) is 4.81. The summed E-state index contributed by atoms with van der Waals surface area (Å²) in [5.41, 5.74) is 1.03. The Balaban J connectivity index is 2.09. The first-order chi connectivity index (χ1) is 9.68. The van der Waals surface area contributed by atoms with Crippen LogP contribution in [0, 0.1) is 0 Å². The lowest BCUT2D eigenvalue weighted by Crippen LogP contribution is -2.32. The average Bonchev–Trinajstić information content (AvgIpc) is 3.06. The Hall–Kier alpha value is -1.18. The fourth-order valence-corrected chi connectivity index (χ4v) is 3.52. The second-order valence-corrected chi connectivity index (χ2v) is 6.63. The Labute approximate surface area is 126 Å². The van der Waals surface area contributed by atoms with Crippen molar-refractivity contribution in [3.63, 3.8) is 0 Å². The van der Waals surface area contributed by atoms with Gasteiger partial charge in [0.2, 0.25) is 0 Å². The van der Waals surface area contributed by atoms with Gasteiger partial charge in [-0.05, 0) is 6.26 Å². The first-order valence-corrected chi connectivity index (χ1v) is 8.36. The van der Waals surface area contributed by atoms with Crippen LogP contribution in [0.25, 0.3) is 0 Å². The standard InChI is InChI=1S/C13H16N4OS2/c1-13(8-18-2)7-17(12-14-4-5-20-12)10-9(13)6-15-11(16-10)19-3/h4-6H,7-8H2,1-3H3. The molecule has 106 valence electrons. The number of ether oxygens (including phenoxy) is 1. The molecule has 0 radical (unpaired) electrons. The number of methoxy groups -OCH3 is 1. The van der Waals surface area contributed by atoms with Gasteiger partial charge >= 0.3 is 0 Å². The molecule has 2 aromatic heterocycles. The van der Waals surface area contributed by atoms with Crippen LogP contribution in [0.1, 0.15) is 12.5 Å². The molecule has 0 N–H and O–H groups in total. The number of aromatic nitrogens is 3. The predicted octanol–water partition coefficient (Wildman–Crippen LogP) is 2.71. The summed E-state index contributed by atoms with van der Waals surface area (Å²) < 4.78 is 5.40. The van der Waals surface area contributed by atoms with Crippen molar-refractivity contribution >= 4 is 34.0 Å². The van der Waals surface area contributed by atoms with Crippen LogP contribution in [0.3, 0.4) is 0 Å². The summed E-state index contributed by atoms with van der Waals surface area (Å²) in [6.07, 6.45) is 5.74. The van der Waals surface area contributed by atoms with E-state index in [1.807, 2.05) is 24.0 Å². The molecule has 2 aromatic rings. The van der Waals surface area contributed by atoms with E-state index in [0.717, 1.165) is 28.2 Å². The molecule has 0 aromatic carbocycles. The number of nitrogens with zero attached hydrogens (tertiary/aromatic N) is 4. The van der Waals surface area contributed by atoms with Gasteiger partial charge in [-0.2, -0.15) is 0 Å². The smallest absolute Gasteiger partial charge is 0.190 e. The van der Waals surface area contributed by atoms with Gasteiger partial charge in [0, 0.05) is 42.4 Å². The SMILES string of the molecule is COCC1(C)CN(c2nccs2)c2nc(SC)ncc21. The number of rotatable bonds is 4. The van der Waals surface area contributed by atoms with Gasteiger partial charge in [-0.25, -0.2) is 15.0 Å². The molecule has 0 amide bonds. The fraction of sp³-hybridized carbons (Fsp3) is 0.462. The molecule has 3 rings (SSSR count). The number of thioether (sulfide) groups is 1. The predicted molar refractivity (Wildman–Crippen MR) is 82.2 cm³/mol. The normalized spacial score (nSPS) is 21.2. The molecule has 0 saturated heterocycles. The third kappa shape index (κ3) is 2.19. The molecule has 0 fully saturated rings. The molecule has 1 aliphatic rings. The largest absolute Gasteiger partial charge is 0.384 e. The molecular weight excluding hydrogens is 292 g/mol. The summed E-state index contributed by atoms with van der Waals surface area (Å²) in [6, 6.07) is 0. The molecule has 5 nitrogen and oxygen atoms in total. The average molecular weight is 308 g/mol. The first kappa shape index (κ1) is 13.8. The van der Waals surface area contributed by atoms with Gasteiger partial charge in [0.1, 0.15) is 5.82 Å². The summed E-state index contributed by atoms with van der Waals surface area (Å²) in [4.78, 5) is 15.7. The topological polar surface area (TPSA) is 51.1 Å². The van der Waals surface area contributed by atoms with E-state index in [-0.39, 0.29) is 5.41 Å². The summed E-state index contributed by atoms with van der Waals surface area (Å²) in [5.74, 6) is 0.957. The molecule has 20 heavy (non-hydrogen) atoms. The summed E-state index contributed by atoms with van der Waals surface area (Å²) in [7, 11) is 1.73. The van der Waals surface area contributed by atoms with Gasteiger partial charge in [-0.15, -0.1) is 11.3 Å². The van der Waals surface area contributed by atoms with Crippen molar-refractivity contribution in [2.24, 2.45) is 0 Å². The van der Waals surface area contributed by atoms with Crippen LogP contribution in [-0.2, 0) is 10.2 Å². The molecule has 1 aliphatic heterocycles. The van der Waals surface area contributed by atoms with Crippen LogP contribution in [-0.4, -0.2) is 41.5 Å². The van der Waals surface area contributed by atoms with Crippen molar-refractivity contribution in [2.75, 3.05) is 31.4 Å². The second-order valence-electron chi connectivity index (χ2n) is 4.99. The van der Waals surface area contributed by atoms with E-state index in [9.17, 15) is 0 Å². The van der Waals surface area contributed by atoms with Gasteiger partial charge < -0.3 is 9.64 Å². The molecule has 3 heterocycles. The first-order valence-electron chi connectivity index (χ1n) is 6.25. The number of anilines is 2. The number of fused-ring (bicyclic) bond motifs is 1. The zero-order valence-corrected chi connectivity index (χ0v) is 13.3. The molecule has 0 saturated carbocycles. The monoisotopic (exact) mass is 308 g/mol. The van der Waals surface area contributed by atoms with Gasteiger partial charge in [0.25, 0.3) is 0 Å². The molecular formula is C13H16N4OS2. The Bertz CT molecular complexity index is 604. The Morgan fingerprint density at radius 2 is 2.35 bits per heavy atom. The van der Waals surface area contributed by atoms with Crippen molar-refractivity contribution in [1.29, 1.82) is 0 Å². The van der Waals surface area contributed by atoms with E-state index in [1.54, 1.807) is 30.2 Å². The maximum absolute atomic E-state index is 5.40. The van der Waals surface area contributed by atoms with Crippen LogP contribution in [0.15, 0.2) is 22.9 Å². The summed E-state index contributed by atoms with van der Waals surface area (Å²) in [5, 5.41) is 3.74. The second kappa shape index (κ2) is 5.31. The lowest BCUT2D eigenvalue weighted by Gasteiger charge is -2.23. The third-order valence-electron chi connectivity index (χ3n) is 3.46. The summed E-state index contributed by atoms with van der Waals surface area (Å²) >= 11 is 3.17. The van der Waals surface area contributed by atoms with E-state index < -0.39 is 0 Å². The zero-order valence-electron chi connectivity index (χ0n) is 11.7. The molecule has 1 unspecified atom stereocenters. The quantitative estimate of drug-likeness (QED) is 0.639. The van der Waals surface area contributed by atoms with Crippen LogP contribution >= 0.6 is 23.1 Å². The molecule has 0 spiro atoms. The molecule has 0 aliphatic carbocycles. The highest BCUT2D eigenvalue weighted by atomic mass is 32.2. The van der Waals surface area contributed by atoms with Gasteiger partial charge in [-0.1, -0.05) is 18.7 Å². The molecule has 1 atom stereocenters. The van der Waals surface area contributed by atoms with E-state index in [2.05, 4.69) is 26.8 Å². The van der Waals surface area contributed by atoms with Crippen molar-refractivity contribution in [2.45, 2.75) is 17.5 Å². The minimum absolute atomic E-state index is 0.104. The minimum Gasteiger partial charge on any atom is -0.384 e. The summed E-state index contributed by atoms with van der Waals surface area (Å²) in [6.45, 7) is 3.64. The van der Waals surface area contributed by atoms with E-state index in [0.29, 0.717) is 6.61 Å². The number of hydrogen-bond acceptors (Lipinski definition) is 7. The maximum atomic E-state index is 5.40. The van der Waals surface area contributed by atoms with Gasteiger partial charge in [-0.3, -0.25) is 0 Å². The van der Waals surface area contributed by atoms with Crippen LogP contribution in [0.4, 0.5) is 10.9 Å². The Morgan fingerprint density at radius 3 is 3.00 bits per heavy atom. The highest BCUT2D eigenvalue weighted by molar-refractivity contribution is 7.98. The Morgan fingerprint density at radius 1 is 1.50 bits per heavy atom. The van der Waals surface area contributed by atoms with Crippen LogP contribution < -0.4 is 4.90 Å². The number of thiazole rings is 1. The van der Waals surface area contributed by atoms with Gasteiger partial charge in [0.05, 0.1) is 6.61 Å². The highest BCUT2D eigenvalue weighted by Crippen LogP contribution is 2.43. The van der Waals surface area contributed by atoms with Gasteiger partial charge in [0.15, 0.2) is 10.3 Å². The van der Waals surface area contributed by atoms with Crippen molar-refractivity contribution in [3.05, 3.63) is 23.3 Å². The minimum atomic E-state index is -0.104. The maximum Gasteiger partial charge on any atom is 0.190 e. The van der Waals surface area contributed by atoms with Crippen LogP contribution in [0.2, 0.25) is 0 Å². The fourth-order valence-electron chi connectivity index (χ4n) is 2.55. The lowest BCUT2D eigenvalue weighted by atomic mass is 9.87.